The molecule has 0 saturated heterocycles. The fourth-order valence-electron chi connectivity index (χ4n) is 2.08. The molecule has 0 aromatic heterocycles. The number of hydrogen-bond donors (Lipinski definition) is 1. The van der Waals surface area contributed by atoms with Crippen molar-refractivity contribution < 1.29 is 9.90 Å². The lowest BCUT2D eigenvalue weighted by Gasteiger charge is -1.98. The van der Waals surface area contributed by atoms with Gasteiger partial charge in [-0.3, -0.25) is 4.79 Å². The van der Waals surface area contributed by atoms with E-state index in [1.807, 2.05) is 6.92 Å². The lowest BCUT2D eigenvalue weighted by molar-refractivity contribution is -0.137. The summed E-state index contributed by atoms with van der Waals surface area (Å²) in [6.45, 7) is 1.90. The van der Waals surface area contributed by atoms with Crippen molar-refractivity contribution in [2.24, 2.45) is 0 Å². The van der Waals surface area contributed by atoms with Crippen LogP contribution in [0.15, 0.2) is 12.2 Å². The summed E-state index contributed by atoms with van der Waals surface area (Å²) in [5.74, 6) is 5.35. The fraction of sp³-hybridized carbons (Fsp3) is 0.722. The predicted molar refractivity (Wildman–Crippen MR) is 85.6 cm³/mol. The van der Waals surface area contributed by atoms with Gasteiger partial charge in [-0.15, -0.1) is 11.8 Å². The molecule has 0 radical (unpaired) electrons. The Bertz CT molecular complexity index is 307. The maximum absolute atomic E-state index is 10.3. The molecule has 0 unspecified atom stereocenters. The molecule has 0 aliphatic rings. The van der Waals surface area contributed by atoms with E-state index in [0.29, 0.717) is 6.42 Å². The van der Waals surface area contributed by atoms with E-state index in [2.05, 4.69) is 24.0 Å². The molecule has 20 heavy (non-hydrogen) atoms. The largest absolute Gasteiger partial charge is 0.481 e. The Morgan fingerprint density at radius 1 is 0.900 bits per heavy atom. The monoisotopic (exact) mass is 278 g/mol. The first-order chi connectivity index (χ1) is 9.77. The van der Waals surface area contributed by atoms with Gasteiger partial charge in [-0.1, -0.05) is 37.8 Å². The van der Waals surface area contributed by atoms with Crippen LogP contribution in [0.4, 0.5) is 0 Å². The summed E-state index contributed by atoms with van der Waals surface area (Å²) in [6.07, 6.45) is 17.6. The summed E-state index contributed by atoms with van der Waals surface area (Å²) in [4.78, 5) is 10.3. The van der Waals surface area contributed by atoms with Crippen LogP contribution in [0, 0.1) is 11.8 Å². The van der Waals surface area contributed by atoms with Crippen LogP contribution in [0.3, 0.4) is 0 Å². The molecule has 0 spiro atoms. The number of aliphatic carboxylic acids is 1. The van der Waals surface area contributed by atoms with Gasteiger partial charge in [0.05, 0.1) is 0 Å². The van der Waals surface area contributed by atoms with Crippen molar-refractivity contribution in [3.8, 4) is 11.8 Å². The van der Waals surface area contributed by atoms with Crippen molar-refractivity contribution in [1.82, 2.24) is 0 Å². The topological polar surface area (TPSA) is 37.3 Å². The third-order valence-electron chi connectivity index (χ3n) is 3.28. The average molecular weight is 278 g/mol. The Balaban J connectivity index is 3.11. The molecule has 0 saturated carbocycles. The van der Waals surface area contributed by atoms with Gasteiger partial charge in [0.15, 0.2) is 0 Å². The Morgan fingerprint density at radius 2 is 1.45 bits per heavy atom. The molecule has 0 rings (SSSR count). The molecule has 0 bridgehead atoms. The zero-order valence-corrected chi connectivity index (χ0v) is 13.0. The fourth-order valence-corrected chi connectivity index (χ4v) is 2.08. The zero-order chi connectivity index (χ0) is 14.9. The van der Waals surface area contributed by atoms with Crippen molar-refractivity contribution in [3.05, 3.63) is 12.2 Å². The first-order valence-electron chi connectivity index (χ1n) is 8.03. The van der Waals surface area contributed by atoms with Gasteiger partial charge in [0.1, 0.15) is 0 Å². The van der Waals surface area contributed by atoms with Gasteiger partial charge in [0, 0.05) is 12.8 Å². The number of carbonyl (C=O) groups is 1. The van der Waals surface area contributed by atoms with Gasteiger partial charge in [-0.25, -0.2) is 0 Å². The maximum Gasteiger partial charge on any atom is 0.303 e. The summed E-state index contributed by atoms with van der Waals surface area (Å²) in [6, 6.07) is 0. The summed E-state index contributed by atoms with van der Waals surface area (Å²) in [5, 5.41) is 8.50. The third-order valence-corrected chi connectivity index (χ3v) is 3.28. The van der Waals surface area contributed by atoms with Gasteiger partial charge in [-0.05, 0) is 45.4 Å². The van der Waals surface area contributed by atoms with Crippen LogP contribution in [0.1, 0.15) is 84.0 Å². The number of allylic oxidation sites excluding steroid dienone is 2. The highest BCUT2D eigenvalue weighted by atomic mass is 16.4. The first kappa shape index (κ1) is 18.8. The molecule has 0 atom stereocenters. The quantitative estimate of drug-likeness (QED) is 0.281. The highest BCUT2D eigenvalue weighted by molar-refractivity contribution is 5.66. The van der Waals surface area contributed by atoms with E-state index in [4.69, 9.17) is 5.11 Å². The molecule has 114 valence electrons. The summed E-state index contributed by atoms with van der Waals surface area (Å²) < 4.78 is 0. The number of hydrogen-bond acceptors (Lipinski definition) is 1. The number of carboxylic acids is 1. The van der Waals surface area contributed by atoms with E-state index in [0.717, 1.165) is 19.3 Å². The third kappa shape index (κ3) is 16.8. The average Bonchev–Trinajstić information content (AvgIpc) is 2.43. The second-order valence-corrected chi connectivity index (χ2v) is 5.20. The molecular formula is C18H30O2. The Hall–Kier alpha value is -1.23. The van der Waals surface area contributed by atoms with Gasteiger partial charge in [0.25, 0.3) is 0 Å². The van der Waals surface area contributed by atoms with E-state index in [-0.39, 0.29) is 0 Å². The van der Waals surface area contributed by atoms with Crippen molar-refractivity contribution in [2.75, 3.05) is 0 Å². The minimum atomic E-state index is -0.672. The SMILES string of the molecule is CC#CCCCCC/C=C/CCCCCCCC(=O)O. The number of carboxylic acid groups (broad SMARTS) is 1. The van der Waals surface area contributed by atoms with Crippen molar-refractivity contribution in [2.45, 2.75) is 84.0 Å². The second kappa shape index (κ2) is 15.8. The van der Waals surface area contributed by atoms with Gasteiger partial charge >= 0.3 is 5.97 Å². The second-order valence-electron chi connectivity index (χ2n) is 5.20. The highest BCUT2D eigenvalue weighted by Gasteiger charge is 1.95. The van der Waals surface area contributed by atoms with Crippen LogP contribution in [-0.4, -0.2) is 11.1 Å². The van der Waals surface area contributed by atoms with Gasteiger partial charge in [-0.2, -0.15) is 0 Å². The maximum atomic E-state index is 10.3. The van der Waals surface area contributed by atoms with Crippen LogP contribution in [0.2, 0.25) is 0 Å². The lowest BCUT2D eigenvalue weighted by atomic mass is 10.1. The van der Waals surface area contributed by atoms with Crippen molar-refractivity contribution in [1.29, 1.82) is 0 Å². The van der Waals surface area contributed by atoms with E-state index < -0.39 is 5.97 Å². The predicted octanol–water partition coefficient (Wildman–Crippen LogP) is 5.33. The molecule has 0 aliphatic heterocycles. The normalized spacial score (nSPS) is 10.4. The van der Waals surface area contributed by atoms with E-state index >= 15 is 0 Å². The zero-order valence-electron chi connectivity index (χ0n) is 13.0. The molecule has 0 aromatic rings. The van der Waals surface area contributed by atoms with Crippen LogP contribution in [0.5, 0.6) is 0 Å². The molecule has 1 N–H and O–H groups in total. The lowest BCUT2D eigenvalue weighted by Crippen LogP contribution is -1.93. The van der Waals surface area contributed by atoms with E-state index in [1.165, 1.54) is 51.4 Å². The first-order valence-corrected chi connectivity index (χ1v) is 8.03. The smallest absolute Gasteiger partial charge is 0.303 e. The van der Waals surface area contributed by atoms with Crippen molar-refractivity contribution in [3.63, 3.8) is 0 Å². The van der Waals surface area contributed by atoms with E-state index in [1.54, 1.807) is 0 Å². The molecule has 2 heteroatoms. The molecule has 0 amide bonds. The standard InChI is InChI=1S/C18H30O2/c1-2-3-4-5-6-7-8-9-10-11-12-13-14-15-16-17-18(19)20/h9-10H,4-8,11-17H2,1H3,(H,19,20)/b10-9+. The minimum Gasteiger partial charge on any atom is -0.481 e. The van der Waals surface area contributed by atoms with Crippen LogP contribution in [-0.2, 0) is 4.79 Å². The number of unbranched alkanes of at least 4 members (excludes halogenated alkanes) is 9. The Labute approximate surface area is 124 Å². The minimum absolute atomic E-state index is 0.323. The molecule has 0 aromatic carbocycles. The summed E-state index contributed by atoms with van der Waals surface area (Å²) in [7, 11) is 0. The Kier molecular flexibility index (Phi) is 14.9. The molecule has 0 heterocycles. The van der Waals surface area contributed by atoms with Crippen molar-refractivity contribution >= 4 is 5.97 Å². The molecule has 0 fully saturated rings. The number of rotatable bonds is 13. The molecular weight excluding hydrogens is 248 g/mol. The Morgan fingerprint density at radius 3 is 2.05 bits per heavy atom. The van der Waals surface area contributed by atoms with Gasteiger partial charge in [0.2, 0.25) is 0 Å². The summed E-state index contributed by atoms with van der Waals surface area (Å²) in [5.41, 5.74) is 0. The molecule has 2 nitrogen and oxygen atoms in total. The highest BCUT2D eigenvalue weighted by Crippen LogP contribution is 2.08. The van der Waals surface area contributed by atoms with Crippen LogP contribution >= 0.6 is 0 Å². The molecule has 0 aliphatic carbocycles. The van der Waals surface area contributed by atoms with Crippen LogP contribution < -0.4 is 0 Å². The van der Waals surface area contributed by atoms with E-state index in [9.17, 15) is 4.79 Å². The van der Waals surface area contributed by atoms with Gasteiger partial charge < -0.3 is 5.11 Å². The summed E-state index contributed by atoms with van der Waals surface area (Å²) >= 11 is 0. The van der Waals surface area contributed by atoms with Crippen LogP contribution in [0.25, 0.3) is 0 Å².